The number of benzene rings is 1. The van der Waals surface area contributed by atoms with E-state index in [2.05, 4.69) is 6.42 Å². The molecule has 2 rings (SSSR count). The highest BCUT2D eigenvalue weighted by atomic mass is 35.5. The molecule has 0 amide bonds. The van der Waals surface area contributed by atoms with Gasteiger partial charge in [-0.2, -0.15) is 0 Å². The zero-order valence-electron chi connectivity index (χ0n) is 10.2. The maximum absolute atomic E-state index is 6.04. The SMILES string of the molecule is COC1=CC[CH]C(c2ccc(Cl)c(Cl)c2)=C1OC. The van der Waals surface area contributed by atoms with Gasteiger partial charge in [0.05, 0.1) is 24.3 Å². The number of methoxy groups -OCH3 is 2. The zero-order valence-corrected chi connectivity index (χ0v) is 11.7. The minimum Gasteiger partial charge on any atom is -0.493 e. The third-order valence-corrected chi connectivity index (χ3v) is 3.49. The molecule has 2 nitrogen and oxygen atoms in total. The summed E-state index contributed by atoms with van der Waals surface area (Å²) in [6.07, 6.45) is 4.84. The van der Waals surface area contributed by atoms with Crippen LogP contribution in [0.2, 0.25) is 10.0 Å². The molecule has 0 fully saturated rings. The van der Waals surface area contributed by atoms with Crippen LogP contribution in [-0.4, -0.2) is 14.2 Å². The van der Waals surface area contributed by atoms with Crippen LogP contribution in [0.4, 0.5) is 0 Å². The number of ether oxygens (including phenoxy) is 2. The van der Waals surface area contributed by atoms with Crippen LogP contribution >= 0.6 is 23.2 Å². The van der Waals surface area contributed by atoms with Gasteiger partial charge in [-0.25, -0.2) is 0 Å². The third-order valence-electron chi connectivity index (χ3n) is 2.75. The molecule has 0 bridgehead atoms. The lowest BCUT2D eigenvalue weighted by molar-refractivity contribution is 0.219. The number of allylic oxidation sites excluding steroid dienone is 2. The van der Waals surface area contributed by atoms with Crippen LogP contribution in [0, 0.1) is 6.42 Å². The van der Waals surface area contributed by atoms with Gasteiger partial charge in [-0.1, -0.05) is 29.3 Å². The monoisotopic (exact) mass is 283 g/mol. The van der Waals surface area contributed by atoms with E-state index in [1.54, 1.807) is 20.3 Å². The van der Waals surface area contributed by atoms with Crippen molar-refractivity contribution in [2.24, 2.45) is 0 Å². The van der Waals surface area contributed by atoms with Crippen molar-refractivity contribution in [3.05, 3.63) is 57.8 Å². The van der Waals surface area contributed by atoms with E-state index in [4.69, 9.17) is 32.7 Å². The topological polar surface area (TPSA) is 18.5 Å². The Labute approximate surface area is 117 Å². The van der Waals surface area contributed by atoms with Gasteiger partial charge in [-0.3, -0.25) is 0 Å². The fraction of sp³-hybridized carbons (Fsp3) is 0.214. The molecule has 0 aromatic heterocycles. The first-order valence-corrected chi connectivity index (χ1v) is 6.24. The third kappa shape index (κ3) is 2.50. The Hall–Kier alpha value is -1.12. The van der Waals surface area contributed by atoms with E-state index in [1.165, 1.54) is 0 Å². The summed E-state index contributed by atoms with van der Waals surface area (Å²) in [5.41, 5.74) is 1.93. The van der Waals surface area contributed by atoms with Gasteiger partial charge >= 0.3 is 0 Å². The molecule has 0 unspecified atom stereocenters. The van der Waals surface area contributed by atoms with Crippen molar-refractivity contribution in [3.8, 4) is 0 Å². The summed E-state index contributed by atoms with van der Waals surface area (Å²) in [6.45, 7) is 0. The van der Waals surface area contributed by atoms with Gasteiger partial charge < -0.3 is 9.47 Å². The summed E-state index contributed by atoms with van der Waals surface area (Å²) >= 11 is 12.0. The number of hydrogen-bond acceptors (Lipinski definition) is 2. The van der Waals surface area contributed by atoms with Gasteiger partial charge in [0.1, 0.15) is 0 Å². The molecule has 0 spiro atoms. The second kappa shape index (κ2) is 5.68. The molecular formula is C14H13Cl2O2. The Bertz CT molecular complexity index is 519. The molecule has 0 saturated carbocycles. The summed E-state index contributed by atoms with van der Waals surface area (Å²) in [5, 5.41) is 1.07. The van der Waals surface area contributed by atoms with Crippen LogP contribution in [0.15, 0.2) is 35.8 Å². The Balaban J connectivity index is 2.49. The fourth-order valence-electron chi connectivity index (χ4n) is 1.90. The second-order valence-corrected chi connectivity index (χ2v) is 4.60. The Morgan fingerprint density at radius 1 is 1.06 bits per heavy atom. The van der Waals surface area contributed by atoms with Crippen molar-refractivity contribution < 1.29 is 9.47 Å². The summed E-state index contributed by atoms with van der Waals surface area (Å²) in [7, 11) is 3.25. The number of hydrogen-bond donors (Lipinski definition) is 0. The second-order valence-electron chi connectivity index (χ2n) is 3.79. The fourth-order valence-corrected chi connectivity index (χ4v) is 2.20. The molecule has 18 heavy (non-hydrogen) atoms. The zero-order chi connectivity index (χ0) is 13.1. The van der Waals surface area contributed by atoms with E-state index in [1.807, 2.05) is 18.2 Å². The molecule has 4 heteroatoms. The summed E-state index contributed by atoms with van der Waals surface area (Å²) in [5.74, 6) is 1.45. The van der Waals surface area contributed by atoms with Gasteiger partial charge in [-0.15, -0.1) is 0 Å². The van der Waals surface area contributed by atoms with Crippen LogP contribution < -0.4 is 0 Å². The number of rotatable bonds is 3. The maximum atomic E-state index is 6.04. The van der Waals surface area contributed by atoms with Crippen LogP contribution in [0.5, 0.6) is 0 Å². The average Bonchev–Trinajstić information content (AvgIpc) is 2.40. The molecule has 1 aromatic carbocycles. The summed E-state index contributed by atoms with van der Waals surface area (Å²) in [4.78, 5) is 0. The molecule has 95 valence electrons. The van der Waals surface area contributed by atoms with E-state index in [0.29, 0.717) is 15.8 Å². The Morgan fingerprint density at radius 3 is 2.44 bits per heavy atom. The van der Waals surface area contributed by atoms with Gasteiger partial charge in [0, 0.05) is 5.57 Å². The summed E-state index contributed by atoms with van der Waals surface area (Å²) in [6, 6.07) is 5.52. The van der Waals surface area contributed by atoms with Crippen molar-refractivity contribution in [1.82, 2.24) is 0 Å². The van der Waals surface area contributed by atoms with Crippen LogP contribution in [0.1, 0.15) is 12.0 Å². The van der Waals surface area contributed by atoms with Gasteiger partial charge in [0.2, 0.25) is 0 Å². The van der Waals surface area contributed by atoms with Crippen molar-refractivity contribution in [2.45, 2.75) is 6.42 Å². The lowest BCUT2D eigenvalue weighted by Crippen LogP contribution is -2.05. The standard InChI is InChI=1S/C14H13Cl2O2/c1-17-13-5-3-4-10(14(13)18-2)9-6-7-11(15)12(16)8-9/h4-8H,3H2,1-2H3. The van der Waals surface area contributed by atoms with Crippen molar-refractivity contribution in [1.29, 1.82) is 0 Å². The van der Waals surface area contributed by atoms with Crippen LogP contribution in [0.3, 0.4) is 0 Å². The predicted octanol–water partition coefficient (Wildman–Crippen LogP) is 4.49. The Morgan fingerprint density at radius 2 is 1.83 bits per heavy atom. The lowest BCUT2D eigenvalue weighted by Gasteiger charge is -2.20. The molecular weight excluding hydrogens is 271 g/mol. The van der Waals surface area contributed by atoms with Crippen molar-refractivity contribution in [3.63, 3.8) is 0 Å². The summed E-state index contributed by atoms with van der Waals surface area (Å²) < 4.78 is 10.7. The lowest BCUT2D eigenvalue weighted by atomic mass is 9.95. The van der Waals surface area contributed by atoms with Gasteiger partial charge in [0.25, 0.3) is 0 Å². The molecule has 1 radical (unpaired) electrons. The smallest absolute Gasteiger partial charge is 0.164 e. The van der Waals surface area contributed by atoms with Crippen LogP contribution in [0.25, 0.3) is 5.57 Å². The molecule has 0 heterocycles. The highest BCUT2D eigenvalue weighted by Crippen LogP contribution is 2.35. The van der Waals surface area contributed by atoms with E-state index in [-0.39, 0.29) is 0 Å². The molecule has 0 N–H and O–H groups in total. The first-order chi connectivity index (χ1) is 8.67. The average molecular weight is 284 g/mol. The molecule has 1 aliphatic carbocycles. The molecule has 0 saturated heterocycles. The highest BCUT2D eigenvalue weighted by Gasteiger charge is 2.19. The first kappa shape index (κ1) is 13.3. The van der Waals surface area contributed by atoms with Crippen molar-refractivity contribution >= 4 is 28.8 Å². The molecule has 1 aromatic rings. The molecule has 1 aliphatic rings. The predicted molar refractivity (Wildman–Crippen MR) is 74.4 cm³/mol. The van der Waals surface area contributed by atoms with Gasteiger partial charge in [0.15, 0.2) is 11.5 Å². The Kier molecular flexibility index (Phi) is 4.20. The quantitative estimate of drug-likeness (QED) is 0.814. The first-order valence-electron chi connectivity index (χ1n) is 5.48. The highest BCUT2D eigenvalue weighted by molar-refractivity contribution is 6.42. The van der Waals surface area contributed by atoms with Crippen LogP contribution in [-0.2, 0) is 9.47 Å². The molecule has 0 aliphatic heterocycles. The molecule has 0 atom stereocenters. The van der Waals surface area contributed by atoms with E-state index in [0.717, 1.165) is 23.3 Å². The minimum absolute atomic E-state index is 0.527. The van der Waals surface area contributed by atoms with E-state index in [9.17, 15) is 0 Å². The number of halogens is 2. The van der Waals surface area contributed by atoms with Gasteiger partial charge in [-0.05, 0) is 36.6 Å². The largest absolute Gasteiger partial charge is 0.493 e. The minimum atomic E-state index is 0.527. The van der Waals surface area contributed by atoms with Crippen molar-refractivity contribution in [2.75, 3.05) is 14.2 Å². The normalized spacial score (nSPS) is 15.4. The van der Waals surface area contributed by atoms with E-state index < -0.39 is 0 Å². The maximum Gasteiger partial charge on any atom is 0.164 e. The van der Waals surface area contributed by atoms with E-state index >= 15 is 0 Å².